The predicted molar refractivity (Wildman–Crippen MR) is 132 cm³/mol. The van der Waals surface area contributed by atoms with Gasteiger partial charge in [0.05, 0.1) is 29.2 Å². The summed E-state index contributed by atoms with van der Waals surface area (Å²) < 4.78 is 2.75. The van der Waals surface area contributed by atoms with Crippen LogP contribution in [0.5, 0.6) is 0 Å². The van der Waals surface area contributed by atoms with Gasteiger partial charge in [-0.15, -0.1) is 0 Å². The molecule has 0 saturated heterocycles. The second-order valence-electron chi connectivity index (χ2n) is 8.13. The molecule has 168 valence electrons. The minimum Gasteiger partial charge on any atom is -0.355 e. The lowest BCUT2D eigenvalue weighted by Gasteiger charge is -2.26. The second kappa shape index (κ2) is 11.0. The van der Waals surface area contributed by atoms with Crippen LogP contribution in [0.3, 0.4) is 0 Å². The van der Waals surface area contributed by atoms with E-state index < -0.39 is 0 Å². The van der Waals surface area contributed by atoms with Gasteiger partial charge in [-0.05, 0) is 75.5 Å². The molecule has 0 bridgehead atoms. The van der Waals surface area contributed by atoms with Gasteiger partial charge < -0.3 is 10.6 Å². The van der Waals surface area contributed by atoms with Gasteiger partial charge in [-0.3, -0.25) is 9.80 Å². The molecule has 2 aromatic heterocycles. The Balaban J connectivity index is 1.80. The molecule has 8 heteroatoms. The van der Waals surface area contributed by atoms with Gasteiger partial charge in [0.25, 0.3) is 0 Å². The van der Waals surface area contributed by atoms with Gasteiger partial charge in [0.2, 0.25) is 0 Å². The first-order valence-electron chi connectivity index (χ1n) is 10.8. The predicted octanol–water partition coefficient (Wildman–Crippen LogP) is 4.05. The van der Waals surface area contributed by atoms with E-state index in [9.17, 15) is 0 Å². The van der Waals surface area contributed by atoms with Crippen molar-refractivity contribution in [3.8, 4) is 11.3 Å². The summed E-state index contributed by atoms with van der Waals surface area (Å²) in [5.41, 5.74) is 4.07. The molecular weight excluding hydrogens is 454 g/mol. The molecule has 0 saturated carbocycles. The van der Waals surface area contributed by atoms with Crippen molar-refractivity contribution in [3.63, 3.8) is 0 Å². The van der Waals surface area contributed by atoms with Crippen LogP contribution in [0.15, 0.2) is 41.0 Å². The Labute approximate surface area is 194 Å². The van der Waals surface area contributed by atoms with Crippen LogP contribution >= 0.6 is 15.9 Å². The molecular formula is C23H34BrN7. The van der Waals surface area contributed by atoms with Crippen LogP contribution in [0.25, 0.3) is 16.9 Å². The van der Waals surface area contributed by atoms with Crippen LogP contribution in [0.1, 0.15) is 25.3 Å². The highest BCUT2D eigenvalue weighted by atomic mass is 79.9. The molecule has 3 rings (SSSR count). The van der Waals surface area contributed by atoms with Crippen LogP contribution in [0, 0.1) is 6.92 Å². The monoisotopic (exact) mass is 487 g/mol. The lowest BCUT2D eigenvalue weighted by Crippen LogP contribution is -2.37. The minimum atomic E-state index is 0.136. The SMILES string of the molecule is CCN(CCCC(NC)Nc1cc(-c2ccccc2C)nc2c(Br)cnn12)CN(C)C. The maximum Gasteiger partial charge on any atom is 0.172 e. The average molecular weight is 488 g/mol. The van der Waals surface area contributed by atoms with E-state index in [0.717, 1.165) is 59.8 Å². The number of aromatic nitrogens is 3. The summed E-state index contributed by atoms with van der Waals surface area (Å²) in [7, 11) is 6.22. The summed E-state index contributed by atoms with van der Waals surface area (Å²) in [6.45, 7) is 7.45. The molecule has 0 aliphatic rings. The number of hydrogen-bond donors (Lipinski definition) is 2. The maximum absolute atomic E-state index is 4.87. The summed E-state index contributed by atoms with van der Waals surface area (Å²) in [6.07, 6.45) is 4.04. The van der Waals surface area contributed by atoms with Crippen molar-refractivity contribution >= 4 is 27.4 Å². The largest absolute Gasteiger partial charge is 0.355 e. The Kier molecular flexibility index (Phi) is 8.43. The highest BCUT2D eigenvalue weighted by Gasteiger charge is 2.15. The van der Waals surface area contributed by atoms with Gasteiger partial charge >= 0.3 is 0 Å². The Hall–Kier alpha value is -2.00. The first-order valence-corrected chi connectivity index (χ1v) is 11.6. The van der Waals surface area contributed by atoms with Gasteiger partial charge in [0.1, 0.15) is 5.82 Å². The number of hydrogen-bond acceptors (Lipinski definition) is 6. The minimum absolute atomic E-state index is 0.136. The van der Waals surface area contributed by atoms with Gasteiger partial charge in [0, 0.05) is 11.6 Å². The molecule has 7 nitrogen and oxygen atoms in total. The highest BCUT2D eigenvalue weighted by molar-refractivity contribution is 9.10. The van der Waals surface area contributed by atoms with Crippen LogP contribution in [0.4, 0.5) is 5.82 Å². The van der Waals surface area contributed by atoms with Crippen LogP contribution in [-0.2, 0) is 0 Å². The molecule has 0 radical (unpaired) electrons. The first kappa shape index (κ1) is 23.7. The molecule has 1 atom stereocenters. The zero-order chi connectivity index (χ0) is 22.4. The van der Waals surface area contributed by atoms with E-state index in [1.807, 2.05) is 11.6 Å². The number of halogens is 1. The average Bonchev–Trinajstić information content (AvgIpc) is 3.13. The fourth-order valence-corrected chi connectivity index (χ4v) is 4.10. The van der Waals surface area contributed by atoms with Crippen LogP contribution in [0.2, 0.25) is 0 Å². The second-order valence-corrected chi connectivity index (χ2v) is 8.98. The van der Waals surface area contributed by atoms with Gasteiger partial charge in [0.15, 0.2) is 5.65 Å². The number of benzene rings is 1. The molecule has 2 heterocycles. The molecule has 0 amide bonds. The number of anilines is 1. The fourth-order valence-electron chi connectivity index (χ4n) is 3.75. The van der Waals surface area contributed by atoms with Crippen LogP contribution in [-0.4, -0.2) is 71.5 Å². The van der Waals surface area contributed by atoms with E-state index in [1.54, 1.807) is 6.20 Å². The van der Waals surface area contributed by atoms with E-state index >= 15 is 0 Å². The third-order valence-corrected chi connectivity index (χ3v) is 5.98. The smallest absolute Gasteiger partial charge is 0.172 e. The lowest BCUT2D eigenvalue weighted by molar-refractivity contribution is 0.180. The molecule has 31 heavy (non-hydrogen) atoms. The molecule has 1 unspecified atom stereocenters. The molecule has 0 fully saturated rings. The Morgan fingerprint density at radius 1 is 1.23 bits per heavy atom. The normalized spacial score (nSPS) is 12.8. The Bertz CT molecular complexity index is 985. The number of rotatable bonds is 11. The van der Waals surface area contributed by atoms with Gasteiger partial charge in [-0.25, -0.2) is 4.98 Å². The number of fused-ring (bicyclic) bond motifs is 1. The van der Waals surface area contributed by atoms with E-state index in [4.69, 9.17) is 4.98 Å². The third-order valence-electron chi connectivity index (χ3n) is 5.42. The van der Waals surface area contributed by atoms with Crippen molar-refractivity contribution in [2.45, 2.75) is 32.9 Å². The van der Waals surface area contributed by atoms with E-state index in [0.29, 0.717) is 0 Å². The zero-order valence-corrected chi connectivity index (χ0v) is 20.8. The summed E-state index contributed by atoms with van der Waals surface area (Å²) in [6, 6.07) is 10.4. The van der Waals surface area contributed by atoms with E-state index in [2.05, 4.69) is 99.7 Å². The van der Waals surface area contributed by atoms with Crippen LogP contribution < -0.4 is 10.6 Å². The van der Waals surface area contributed by atoms with Crippen molar-refractivity contribution in [2.75, 3.05) is 46.2 Å². The number of nitrogens with one attached hydrogen (secondary N) is 2. The van der Waals surface area contributed by atoms with Gasteiger partial charge in [-0.1, -0.05) is 31.2 Å². The van der Waals surface area contributed by atoms with Crippen molar-refractivity contribution in [2.24, 2.45) is 0 Å². The topological polar surface area (TPSA) is 60.7 Å². The quantitative estimate of drug-likeness (QED) is 0.398. The maximum atomic E-state index is 4.87. The Morgan fingerprint density at radius 3 is 2.68 bits per heavy atom. The number of nitrogens with zero attached hydrogens (tertiary/aromatic N) is 5. The van der Waals surface area contributed by atoms with Gasteiger partial charge in [-0.2, -0.15) is 9.61 Å². The fraction of sp³-hybridized carbons (Fsp3) is 0.478. The zero-order valence-electron chi connectivity index (χ0n) is 19.2. The molecule has 1 aromatic carbocycles. The molecule has 2 N–H and O–H groups in total. The summed E-state index contributed by atoms with van der Waals surface area (Å²) >= 11 is 3.60. The van der Waals surface area contributed by atoms with E-state index in [1.165, 1.54) is 5.56 Å². The van der Waals surface area contributed by atoms with Crippen molar-refractivity contribution in [1.82, 2.24) is 29.7 Å². The number of aryl methyl sites for hydroxylation is 1. The highest BCUT2D eigenvalue weighted by Crippen LogP contribution is 2.28. The summed E-state index contributed by atoms with van der Waals surface area (Å²) in [4.78, 5) is 9.54. The lowest BCUT2D eigenvalue weighted by atomic mass is 10.1. The van der Waals surface area contributed by atoms with Crippen molar-refractivity contribution < 1.29 is 0 Å². The third kappa shape index (κ3) is 6.04. The van der Waals surface area contributed by atoms with E-state index in [-0.39, 0.29) is 6.17 Å². The summed E-state index contributed by atoms with van der Waals surface area (Å²) in [5, 5.41) is 11.6. The molecule has 0 spiro atoms. The van der Waals surface area contributed by atoms with Crippen molar-refractivity contribution in [1.29, 1.82) is 0 Å². The molecule has 0 aliphatic heterocycles. The van der Waals surface area contributed by atoms with Crippen molar-refractivity contribution in [3.05, 3.63) is 46.6 Å². The molecule has 3 aromatic rings. The molecule has 0 aliphatic carbocycles. The summed E-state index contributed by atoms with van der Waals surface area (Å²) in [5.74, 6) is 0.925. The first-order chi connectivity index (χ1) is 14.9. The Morgan fingerprint density at radius 2 is 2.00 bits per heavy atom. The standard InChI is InChI=1S/C23H34BrN7/c1-6-30(16-29(4)5)13-9-12-21(25-3)28-22-14-20(18-11-8-7-10-17(18)2)27-23-19(24)15-26-31(22)23/h7-8,10-11,14-15,21,25,28H,6,9,12-13,16H2,1-5H3.